The largest absolute Gasteiger partial charge is 0.324 e. The molecule has 0 aliphatic rings. The Morgan fingerprint density at radius 3 is 2.44 bits per heavy atom. The van der Waals surface area contributed by atoms with Crippen LogP contribution in [0.15, 0.2) is 72.8 Å². The van der Waals surface area contributed by atoms with E-state index in [0.717, 1.165) is 38.8 Å². The van der Waals surface area contributed by atoms with Crippen LogP contribution in [0.4, 0.5) is 11.9 Å². The molecule has 2 aromatic heterocycles. The summed E-state index contributed by atoms with van der Waals surface area (Å²) in [6.07, 6.45) is 0. The number of anilines is 2. The molecule has 0 atom stereocenters. The van der Waals surface area contributed by atoms with Gasteiger partial charge in [0.1, 0.15) is 0 Å². The van der Waals surface area contributed by atoms with Crippen molar-refractivity contribution in [2.45, 2.75) is 6.92 Å². The van der Waals surface area contributed by atoms with Crippen molar-refractivity contribution in [1.29, 1.82) is 0 Å². The molecule has 0 spiro atoms. The standard InChI is InChI=1S/C22H17N5/c1-14-11-12-16-19(13-14)25-22(26-20(16)15-7-3-2-4-8-15)27-21-23-17-9-5-6-10-18(17)24-21/h2-13H,1H3,(H2,23,24,25,26,27). The van der Waals surface area contributed by atoms with Gasteiger partial charge in [-0.15, -0.1) is 0 Å². The molecule has 5 rings (SSSR count). The first-order valence-electron chi connectivity index (χ1n) is 8.82. The maximum Gasteiger partial charge on any atom is 0.230 e. The zero-order valence-electron chi connectivity index (χ0n) is 14.8. The number of hydrogen-bond donors (Lipinski definition) is 2. The minimum absolute atomic E-state index is 0.519. The molecule has 0 saturated heterocycles. The van der Waals surface area contributed by atoms with E-state index < -0.39 is 0 Å². The first-order chi connectivity index (χ1) is 13.3. The third-order valence-electron chi connectivity index (χ3n) is 4.52. The average molecular weight is 351 g/mol. The number of hydrogen-bond acceptors (Lipinski definition) is 4. The molecular formula is C22H17N5. The minimum atomic E-state index is 0.519. The molecule has 0 unspecified atom stereocenters. The van der Waals surface area contributed by atoms with Crippen molar-refractivity contribution in [2.75, 3.05) is 5.32 Å². The Kier molecular flexibility index (Phi) is 3.57. The van der Waals surface area contributed by atoms with Gasteiger partial charge in [0.2, 0.25) is 11.9 Å². The number of para-hydroxylation sites is 2. The Balaban J connectivity index is 1.65. The van der Waals surface area contributed by atoms with E-state index in [4.69, 9.17) is 9.97 Å². The highest BCUT2D eigenvalue weighted by molar-refractivity contribution is 5.93. The molecule has 0 saturated carbocycles. The fraction of sp³-hybridized carbons (Fsp3) is 0.0455. The van der Waals surface area contributed by atoms with Gasteiger partial charge < -0.3 is 4.98 Å². The number of H-pyrrole nitrogens is 1. The third-order valence-corrected chi connectivity index (χ3v) is 4.52. The Morgan fingerprint density at radius 1 is 0.778 bits per heavy atom. The van der Waals surface area contributed by atoms with Gasteiger partial charge in [-0.05, 0) is 30.7 Å². The van der Waals surface area contributed by atoms with Gasteiger partial charge in [0, 0.05) is 10.9 Å². The SMILES string of the molecule is Cc1ccc2c(-c3ccccc3)nc(Nc3nc4ccccc4[nH]3)nc2c1. The van der Waals surface area contributed by atoms with Crippen LogP contribution in [0.25, 0.3) is 33.2 Å². The molecule has 0 radical (unpaired) electrons. The monoisotopic (exact) mass is 351 g/mol. The van der Waals surface area contributed by atoms with Crippen molar-refractivity contribution in [3.63, 3.8) is 0 Å². The van der Waals surface area contributed by atoms with Crippen LogP contribution in [0.1, 0.15) is 5.56 Å². The molecule has 0 fully saturated rings. The van der Waals surface area contributed by atoms with Gasteiger partial charge in [0.25, 0.3) is 0 Å². The fourth-order valence-electron chi connectivity index (χ4n) is 3.23. The Hall–Kier alpha value is -3.73. The van der Waals surface area contributed by atoms with E-state index in [-0.39, 0.29) is 0 Å². The third kappa shape index (κ3) is 2.89. The number of nitrogens with zero attached hydrogens (tertiary/aromatic N) is 3. The second-order valence-corrected chi connectivity index (χ2v) is 6.51. The fourth-order valence-corrected chi connectivity index (χ4v) is 3.23. The van der Waals surface area contributed by atoms with Crippen molar-refractivity contribution in [2.24, 2.45) is 0 Å². The molecule has 5 aromatic rings. The highest BCUT2D eigenvalue weighted by Gasteiger charge is 2.11. The first-order valence-corrected chi connectivity index (χ1v) is 8.82. The number of benzene rings is 3. The van der Waals surface area contributed by atoms with E-state index in [1.807, 2.05) is 42.5 Å². The number of aromatic amines is 1. The molecule has 3 aromatic carbocycles. The maximum atomic E-state index is 4.78. The Morgan fingerprint density at radius 2 is 1.59 bits per heavy atom. The molecule has 0 aliphatic heterocycles. The van der Waals surface area contributed by atoms with E-state index in [0.29, 0.717) is 11.9 Å². The van der Waals surface area contributed by atoms with Crippen LogP contribution in [0, 0.1) is 6.92 Å². The number of fused-ring (bicyclic) bond motifs is 2. The molecule has 5 heteroatoms. The number of aromatic nitrogens is 4. The van der Waals surface area contributed by atoms with E-state index in [1.54, 1.807) is 0 Å². The van der Waals surface area contributed by atoms with Gasteiger partial charge in [-0.1, -0.05) is 54.6 Å². The van der Waals surface area contributed by atoms with E-state index in [9.17, 15) is 0 Å². The normalized spacial score (nSPS) is 11.1. The van der Waals surface area contributed by atoms with E-state index in [1.165, 1.54) is 0 Å². The second-order valence-electron chi connectivity index (χ2n) is 6.51. The first kappa shape index (κ1) is 15.5. The summed E-state index contributed by atoms with van der Waals surface area (Å²) in [6.45, 7) is 2.07. The summed E-state index contributed by atoms with van der Waals surface area (Å²) in [5.74, 6) is 1.15. The molecule has 5 nitrogen and oxygen atoms in total. The molecule has 2 heterocycles. The quantitative estimate of drug-likeness (QED) is 0.467. The lowest BCUT2D eigenvalue weighted by Crippen LogP contribution is -2.01. The summed E-state index contributed by atoms with van der Waals surface area (Å²) in [7, 11) is 0. The molecule has 2 N–H and O–H groups in total. The zero-order chi connectivity index (χ0) is 18.2. The number of imidazole rings is 1. The van der Waals surface area contributed by atoms with Crippen molar-refractivity contribution in [1.82, 2.24) is 19.9 Å². The average Bonchev–Trinajstić information content (AvgIpc) is 3.10. The van der Waals surface area contributed by atoms with Crippen LogP contribution >= 0.6 is 0 Å². The van der Waals surface area contributed by atoms with Crippen LogP contribution < -0.4 is 5.32 Å². The molecule has 130 valence electrons. The number of rotatable bonds is 3. The molecule has 0 bridgehead atoms. The number of nitrogens with one attached hydrogen (secondary N) is 2. The van der Waals surface area contributed by atoms with E-state index in [2.05, 4.69) is 52.5 Å². The summed E-state index contributed by atoms with van der Waals surface area (Å²) in [5.41, 5.74) is 5.90. The summed E-state index contributed by atoms with van der Waals surface area (Å²) < 4.78 is 0. The van der Waals surface area contributed by atoms with Crippen LogP contribution in [-0.2, 0) is 0 Å². The minimum Gasteiger partial charge on any atom is -0.324 e. The zero-order valence-corrected chi connectivity index (χ0v) is 14.8. The van der Waals surface area contributed by atoms with Crippen LogP contribution in [0.3, 0.4) is 0 Å². The lowest BCUT2D eigenvalue weighted by molar-refractivity contribution is 1.18. The van der Waals surface area contributed by atoms with Gasteiger partial charge in [-0.3, -0.25) is 5.32 Å². The lowest BCUT2D eigenvalue weighted by atomic mass is 10.1. The van der Waals surface area contributed by atoms with Crippen LogP contribution in [0.2, 0.25) is 0 Å². The van der Waals surface area contributed by atoms with Gasteiger partial charge in [0.05, 0.1) is 22.2 Å². The summed E-state index contributed by atoms with van der Waals surface area (Å²) in [6, 6.07) is 24.3. The van der Waals surface area contributed by atoms with Gasteiger partial charge in [-0.2, -0.15) is 0 Å². The van der Waals surface area contributed by atoms with E-state index >= 15 is 0 Å². The van der Waals surface area contributed by atoms with Crippen molar-refractivity contribution in [3.05, 3.63) is 78.4 Å². The van der Waals surface area contributed by atoms with Gasteiger partial charge in [0.15, 0.2) is 0 Å². The lowest BCUT2D eigenvalue weighted by Gasteiger charge is -2.10. The van der Waals surface area contributed by atoms with Crippen LogP contribution in [0.5, 0.6) is 0 Å². The predicted octanol–water partition coefficient (Wildman–Crippen LogP) is 5.23. The molecule has 27 heavy (non-hydrogen) atoms. The van der Waals surface area contributed by atoms with Crippen molar-refractivity contribution in [3.8, 4) is 11.3 Å². The maximum absolute atomic E-state index is 4.78. The molecule has 0 aliphatic carbocycles. The van der Waals surface area contributed by atoms with Gasteiger partial charge in [-0.25, -0.2) is 15.0 Å². The Labute approximate surface area is 156 Å². The van der Waals surface area contributed by atoms with Crippen molar-refractivity contribution >= 4 is 33.8 Å². The van der Waals surface area contributed by atoms with Gasteiger partial charge >= 0.3 is 0 Å². The highest BCUT2D eigenvalue weighted by atomic mass is 15.2. The molecule has 0 amide bonds. The molecular weight excluding hydrogens is 334 g/mol. The van der Waals surface area contributed by atoms with Crippen LogP contribution in [-0.4, -0.2) is 19.9 Å². The topological polar surface area (TPSA) is 66.5 Å². The highest BCUT2D eigenvalue weighted by Crippen LogP contribution is 2.28. The number of aryl methyl sites for hydroxylation is 1. The van der Waals surface area contributed by atoms with Crippen molar-refractivity contribution < 1.29 is 0 Å². The second kappa shape index (κ2) is 6.21. The smallest absolute Gasteiger partial charge is 0.230 e. The Bertz CT molecular complexity index is 1220. The summed E-state index contributed by atoms with van der Waals surface area (Å²) in [5, 5.41) is 4.26. The summed E-state index contributed by atoms with van der Waals surface area (Å²) in [4.78, 5) is 17.3. The predicted molar refractivity (Wildman–Crippen MR) is 109 cm³/mol. The summed E-state index contributed by atoms with van der Waals surface area (Å²) >= 11 is 0.